The number of carbonyl (C=O) groups excluding carboxylic acids is 1. The van der Waals surface area contributed by atoms with Crippen molar-refractivity contribution in [2.24, 2.45) is 4.99 Å². The SMILES string of the molecule is CN=C(NCC(=O)NC(C)(C)C)N1CC=C(c2ccccc2)CC1. The first-order chi connectivity index (χ1) is 11.4. The highest BCUT2D eigenvalue weighted by Crippen LogP contribution is 2.21. The average molecular weight is 328 g/mol. The Morgan fingerprint density at radius 3 is 2.50 bits per heavy atom. The van der Waals surface area contributed by atoms with Crippen LogP contribution >= 0.6 is 0 Å². The fourth-order valence-electron chi connectivity index (χ4n) is 2.73. The molecule has 0 saturated carbocycles. The van der Waals surface area contributed by atoms with Crippen molar-refractivity contribution in [3.8, 4) is 0 Å². The first-order valence-corrected chi connectivity index (χ1v) is 8.40. The van der Waals surface area contributed by atoms with Gasteiger partial charge in [0, 0.05) is 25.7 Å². The first kappa shape index (κ1) is 18.0. The van der Waals surface area contributed by atoms with E-state index in [9.17, 15) is 4.79 Å². The number of amides is 1. The van der Waals surface area contributed by atoms with Crippen LogP contribution in [0.5, 0.6) is 0 Å². The normalized spacial score (nSPS) is 15.8. The summed E-state index contributed by atoms with van der Waals surface area (Å²) < 4.78 is 0. The van der Waals surface area contributed by atoms with Gasteiger partial charge in [-0.25, -0.2) is 0 Å². The van der Waals surface area contributed by atoms with Crippen molar-refractivity contribution in [3.05, 3.63) is 42.0 Å². The van der Waals surface area contributed by atoms with Crippen LogP contribution in [0.2, 0.25) is 0 Å². The molecule has 0 unspecified atom stereocenters. The van der Waals surface area contributed by atoms with Crippen LogP contribution in [0.4, 0.5) is 0 Å². The molecule has 1 aromatic rings. The van der Waals surface area contributed by atoms with E-state index in [0.29, 0.717) is 0 Å². The molecule has 0 saturated heterocycles. The highest BCUT2D eigenvalue weighted by atomic mass is 16.2. The molecule has 0 atom stereocenters. The summed E-state index contributed by atoms with van der Waals surface area (Å²) in [5.41, 5.74) is 2.43. The molecule has 1 aliphatic rings. The van der Waals surface area contributed by atoms with Crippen LogP contribution in [0.25, 0.3) is 5.57 Å². The molecule has 130 valence electrons. The van der Waals surface area contributed by atoms with Crippen LogP contribution in [-0.2, 0) is 4.79 Å². The smallest absolute Gasteiger partial charge is 0.239 e. The van der Waals surface area contributed by atoms with E-state index < -0.39 is 0 Å². The lowest BCUT2D eigenvalue weighted by Gasteiger charge is -2.30. The number of benzene rings is 1. The molecule has 5 heteroatoms. The van der Waals surface area contributed by atoms with Crippen molar-refractivity contribution in [3.63, 3.8) is 0 Å². The second kappa shape index (κ2) is 7.99. The van der Waals surface area contributed by atoms with Gasteiger partial charge in [-0.15, -0.1) is 0 Å². The Bertz CT molecular complexity index is 614. The fourth-order valence-corrected chi connectivity index (χ4v) is 2.73. The number of rotatable bonds is 3. The molecule has 0 aliphatic carbocycles. The molecule has 0 aromatic heterocycles. The zero-order valence-corrected chi connectivity index (χ0v) is 15.1. The topological polar surface area (TPSA) is 56.7 Å². The fraction of sp³-hybridized carbons (Fsp3) is 0.474. The van der Waals surface area contributed by atoms with Crippen molar-refractivity contribution in [1.29, 1.82) is 0 Å². The Morgan fingerprint density at radius 1 is 1.25 bits per heavy atom. The van der Waals surface area contributed by atoms with Gasteiger partial charge in [0.25, 0.3) is 0 Å². The lowest BCUT2D eigenvalue weighted by molar-refractivity contribution is -0.121. The van der Waals surface area contributed by atoms with E-state index in [1.807, 2.05) is 26.8 Å². The molecule has 1 aromatic carbocycles. The number of hydrogen-bond acceptors (Lipinski definition) is 2. The van der Waals surface area contributed by atoms with E-state index in [-0.39, 0.29) is 18.0 Å². The van der Waals surface area contributed by atoms with E-state index in [0.717, 1.165) is 25.5 Å². The van der Waals surface area contributed by atoms with Crippen LogP contribution in [-0.4, -0.2) is 49.0 Å². The maximum atomic E-state index is 11.9. The Morgan fingerprint density at radius 2 is 1.96 bits per heavy atom. The molecular weight excluding hydrogens is 300 g/mol. The molecule has 1 aliphatic heterocycles. The number of nitrogens with zero attached hydrogens (tertiary/aromatic N) is 2. The third-order valence-electron chi connectivity index (χ3n) is 3.79. The lowest BCUT2D eigenvalue weighted by Crippen LogP contribution is -2.49. The summed E-state index contributed by atoms with van der Waals surface area (Å²) in [7, 11) is 1.75. The highest BCUT2D eigenvalue weighted by molar-refractivity contribution is 5.87. The molecule has 0 bridgehead atoms. The van der Waals surface area contributed by atoms with E-state index in [4.69, 9.17) is 0 Å². The zero-order chi connectivity index (χ0) is 17.6. The maximum Gasteiger partial charge on any atom is 0.239 e. The number of guanidine groups is 1. The van der Waals surface area contributed by atoms with Gasteiger partial charge in [-0.3, -0.25) is 9.79 Å². The standard InChI is InChI=1S/C19H28N4O/c1-19(2,3)22-17(24)14-21-18(20-4)23-12-10-16(11-13-23)15-8-6-5-7-9-15/h5-10H,11-14H2,1-4H3,(H,20,21)(H,22,24). The second-order valence-corrected chi connectivity index (χ2v) is 6.99. The van der Waals surface area contributed by atoms with Crippen molar-refractivity contribution in [2.45, 2.75) is 32.7 Å². The van der Waals surface area contributed by atoms with E-state index in [1.165, 1.54) is 11.1 Å². The third-order valence-corrected chi connectivity index (χ3v) is 3.79. The Kier molecular flexibility index (Phi) is 6.01. The second-order valence-electron chi connectivity index (χ2n) is 6.99. The minimum Gasteiger partial charge on any atom is -0.350 e. The predicted octanol–water partition coefficient (Wildman–Crippen LogP) is 2.27. The summed E-state index contributed by atoms with van der Waals surface area (Å²) >= 11 is 0. The Hall–Kier alpha value is -2.30. The quantitative estimate of drug-likeness (QED) is 0.661. The molecule has 1 heterocycles. The van der Waals surface area contributed by atoms with Gasteiger partial charge in [0.2, 0.25) is 5.91 Å². The van der Waals surface area contributed by atoms with Crippen LogP contribution in [0, 0.1) is 0 Å². The number of carbonyl (C=O) groups is 1. The van der Waals surface area contributed by atoms with Gasteiger partial charge in [-0.05, 0) is 38.3 Å². The van der Waals surface area contributed by atoms with Gasteiger partial charge in [0.15, 0.2) is 5.96 Å². The van der Waals surface area contributed by atoms with Gasteiger partial charge in [-0.2, -0.15) is 0 Å². The zero-order valence-electron chi connectivity index (χ0n) is 15.1. The minimum absolute atomic E-state index is 0.0267. The molecule has 5 nitrogen and oxygen atoms in total. The third kappa shape index (κ3) is 5.41. The van der Waals surface area contributed by atoms with Crippen LogP contribution in [0.15, 0.2) is 41.4 Å². The van der Waals surface area contributed by atoms with Crippen LogP contribution in [0.1, 0.15) is 32.8 Å². The summed E-state index contributed by atoms with van der Waals surface area (Å²) in [5, 5.41) is 6.09. The number of nitrogens with one attached hydrogen (secondary N) is 2. The monoisotopic (exact) mass is 328 g/mol. The average Bonchev–Trinajstić information content (AvgIpc) is 2.55. The summed E-state index contributed by atoms with van der Waals surface area (Å²) in [6.45, 7) is 7.84. The number of hydrogen-bond donors (Lipinski definition) is 2. The highest BCUT2D eigenvalue weighted by Gasteiger charge is 2.18. The molecule has 0 spiro atoms. The molecule has 0 fully saturated rings. The van der Waals surface area contributed by atoms with Crippen molar-refractivity contribution in [2.75, 3.05) is 26.7 Å². The van der Waals surface area contributed by atoms with E-state index >= 15 is 0 Å². The van der Waals surface area contributed by atoms with Gasteiger partial charge in [-0.1, -0.05) is 36.4 Å². The molecule has 2 rings (SSSR count). The summed E-state index contributed by atoms with van der Waals surface area (Å²) in [4.78, 5) is 18.4. The van der Waals surface area contributed by atoms with Crippen LogP contribution < -0.4 is 10.6 Å². The van der Waals surface area contributed by atoms with Crippen molar-refractivity contribution >= 4 is 17.4 Å². The van der Waals surface area contributed by atoms with Gasteiger partial charge >= 0.3 is 0 Å². The van der Waals surface area contributed by atoms with Gasteiger partial charge < -0.3 is 15.5 Å². The summed E-state index contributed by atoms with van der Waals surface area (Å²) in [6.07, 6.45) is 3.21. The molecule has 0 radical (unpaired) electrons. The maximum absolute atomic E-state index is 11.9. The Balaban J connectivity index is 1.89. The largest absolute Gasteiger partial charge is 0.350 e. The molecule has 24 heavy (non-hydrogen) atoms. The molecular formula is C19H28N4O. The van der Waals surface area contributed by atoms with E-state index in [1.54, 1.807) is 7.05 Å². The predicted molar refractivity (Wildman–Crippen MR) is 99.9 cm³/mol. The van der Waals surface area contributed by atoms with Crippen LogP contribution in [0.3, 0.4) is 0 Å². The van der Waals surface area contributed by atoms with Gasteiger partial charge in [0.1, 0.15) is 0 Å². The Labute approximate surface area is 144 Å². The van der Waals surface area contributed by atoms with Crippen molar-refractivity contribution < 1.29 is 4.79 Å². The lowest BCUT2D eigenvalue weighted by atomic mass is 10.00. The van der Waals surface area contributed by atoms with Gasteiger partial charge in [0.05, 0.1) is 6.54 Å². The van der Waals surface area contributed by atoms with E-state index in [2.05, 4.69) is 50.9 Å². The first-order valence-electron chi connectivity index (χ1n) is 8.40. The molecule has 2 N–H and O–H groups in total. The summed E-state index contributed by atoms with van der Waals surface area (Å²) in [6, 6.07) is 10.5. The van der Waals surface area contributed by atoms with Crippen molar-refractivity contribution in [1.82, 2.24) is 15.5 Å². The minimum atomic E-state index is -0.221. The summed E-state index contributed by atoms with van der Waals surface area (Å²) in [5.74, 6) is 0.739. The molecule has 1 amide bonds. The number of aliphatic imine (C=N–C) groups is 1.